The van der Waals surface area contributed by atoms with Gasteiger partial charge in [0.15, 0.2) is 5.82 Å². The van der Waals surface area contributed by atoms with Crippen molar-refractivity contribution in [3.05, 3.63) is 60.9 Å². The summed E-state index contributed by atoms with van der Waals surface area (Å²) in [7, 11) is 0. The summed E-state index contributed by atoms with van der Waals surface area (Å²) < 4.78 is 25.7. The molecule has 0 fully saturated rings. The number of aromatic nitrogens is 2. The number of unbranched alkanes of at least 4 members (excludes halogenated alkanes) is 11. The average molecular weight is 549 g/mol. The highest BCUT2D eigenvalue weighted by atomic mass is 19.1. The second-order valence-electron chi connectivity index (χ2n) is 10.8. The molecule has 0 radical (unpaired) electrons. The number of rotatable bonds is 21. The molecule has 0 spiro atoms. The van der Waals surface area contributed by atoms with Crippen molar-refractivity contribution in [3.8, 4) is 34.0 Å². The van der Waals surface area contributed by atoms with Crippen LogP contribution in [-0.2, 0) is 0 Å². The van der Waals surface area contributed by atoms with Crippen LogP contribution in [0.15, 0.2) is 60.9 Å². The minimum Gasteiger partial charge on any atom is -0.494 e. The lowest BCUT2D eigenvalue weighted by molar-refractivity contribution is 0.184. The first kappa shape index (κ1) is 31.6. The van der Waals surface area contributed by atoms with Gasteiger partial charge in [-0.3, -0.25) is 0 Å². The molecule has 3 rings (SSSR count). The fourth-order valence-corrected chi connectivity index (χ4v) is 4.74. The topological polar surface area (TPSA) is 44.2 Å². The molecule has 0 aliphatic carbocycles. The van der Waals surface area contributed by atoms with Gasteiger partial charge in [-0.2, -0.15) is 0 Å². The lowest BCUT2D eigenvalue weighted by Gasteiger charge is -2.11. The lowest BCUT2D eigenvalue weighted by atomic mass is 10.1. The molecule has 40 heavy (non-hydrogen) atoms. The summed E-state index contributed by atoms with van der Waals surface area (Å²) in [6, 6.07) is 15.7. The van der Waals surface area contributed by atoms with E-state index in [0.29, 0.717) is 18.0 Å². The van der Waals surface area contributed by atoms with Crippen molar-refractivity contribution in [3.63, 3.8) is 0 Å². The zero-order valence-electron chi connectivity index (χ0n) is 24.8. The van der Waals surface area contributed by atoms with Gasteiger partial charge in [-0.15, -0.1) is 0 Å². The van der Waals surface area contributed by atoms with Gasteiger partial charge in [-0.1, -0.05) is 103 Å². The highest BCUT2D eigenvalue weighted by Gasteiger charge is 2.09. The first-order valence-electron chi connectivity index (χ1n) is 15.6. The molecule has 4 nitrogen and oxygen atoms in total. The SMILES string of the molecule is CCCCCCCCCCOc1ccc(-c2cnc(-c3ccc(OCC(F)CCCCCCC)cc3)nc2)cc1. The van der Waals surface area contributed by atoms with Crippen LogP contribution in [0.3, 0.4) is 0 Å². The average Bonchev–Trinajstić information content (AvgIpc) is 3.00. The Morgan fingerprint density at radius 3 is 1.68 bits per heavy atom. The molecule has 0 aliphatic heterocycles. The third-order valence-corrected chi connectivity index (χ3v) is 7.27. The molecule has 1 heterocycles. The third kappa shape index (κ3) is 12.1. The van der Waals surface area contributed by atoms with Gasteiger partial charge in [-0.25, -0.2) is 14.4 Å². The second kappa shape index (κ2) is 19.2. The smallest absolute Gasteiger partial charge is 0.159 e. The van der Waals surface area contributed by atoms with Crippen molar-refractivity contribution < 1.29 is 13.9 Å². The van der Waals surface area contributed by atoms with Crippen molar-refractivity contribution in [2.75, 3.05) is 13.2 Å². The summed E-state index contributed by atoms with van der Waals surface area (Å²) in [5, 5.41) is 0. The van der Waals surface area contributed by atoms with E-state index in [1.807, 2.05) is 48.8 Å². The number of halogens is 1. The van der Waals surface area contributed by atoms with Crippen LogP contribution in [0.4, 0.5) is 4.39 Å². The standard InChI is InChI=1S/C35H49FN2O2/c1-3-5-7-9-10-11-13-15-25-39-33-21-17-29(18-22-33)31-26-37-35(38-27-31)30-19-23-34(24-20-30)40-28-32(36)16-14-12-8-6-4-2/h17-24,26-27,32H,3-16,25,28H2,1-2H3. The minimum absolute atomic E-state index is 0.0986. The lowest BCUT2D eigenvalue weighted by Crippen LogP contribution is -2.12. The normalized spacial score (nSPS) is 11.9. The molecule has 0 amide bonds. The molecular weight excluding hydrogens is 499 g/mol. The van der Waals surface area contributed by atoms with Crippen LogP contribution >= 0.6 is 0 Å². The number of hydrogen-bond acceptors (Lipinski definition) is 4. The van der Waals surface area contributed by atoms with Gasteiger partial charge in [0.05, 0.1) is 6.61 Å². The van der Waals surface area contributed by atoms with E-state index in [2.05, 4.69) is 35.9 Å². The summed E-state index contributed by atoms with van der Waals surface area (Å²) in [5.74, 6) is 2.22. The number of benzene rings is 2. The summed E-state index contributed by atoms with van der Waals surface area (Å²) >= 11 is 0. The van der Waals surface area contributed by atoms with Crippen molar-refractivity contribution in [1.29, 1.82) is 0 Å². The van der Waals surface area contributed by atoms with Crippen LogP contribution in [0.1, 0.15) is 104 Å². The van der Waals surface area contributed by atoms with Gasteiger partial charge in [0.1, 0.15) is 24.3 Å². The third-order valence-electron chi connectivity index (χ3n) is 7.27. The van der Waals surface area contributed by atoms with E-state index in [4.69, 9.17) is 9.47 Å². The first-order valence-corrected chi connectivity index (χ1v) is 15.6. The molecular formula is C35H49FN2O2. The van der Waals surface area contributed by atoms with Gasteiger partial charge in [0.2, 0.25) is 0 Å². The van der Waals surface area contributed by atoms with E-state index in [9.17, 15) is 4.39 Å². The molecule has 1 atom stereocenters. The van der Waals surface area contributed by atoms with Gasteiger partial charge < -0.3 is 9.47 Å². The molecule has 1 unspecified atom stereocenters. The maximum atomic E-state index is 14.1. The predicted octanol–water partition coefficient (Wildman–Crippen LogP) is 10.4. The highest BCUT2D eigenvalue weighted by molar-refractivity contribution is 5.64. The molecule has 5 heteroatoms. The Bertz CT molecular complexity index is 1040. The largest absolute Gasteiger partial charge is 0.494 e. The van der Waals surface area contributed by atoms with E-state index in [1.165, 1.54) is 64.2 Å². The Balaban J connectivity index is 1.38. The number of hydrogen-bond donors (Lipinski definition) is 0. The van der Waals surface area contributed by atoms with Crippen LogP contribution in [-0.4, -0.2) is 29.4 Å². The Labute approximate surface area is 241 Å². The van der Waals surface area contributed by atoms with E-state index < -0.39 is 6.17 Å². The molecule has 0 saturated heterocycles. The molecule has 0 bridgehead atoms. The summed E-state index contributed by atoms with van der Waals surface area (Å²) in [6.45, 7) is 5.31. The number of ether oxygens (including phenoxy) is 2. The Kier molecular flexibility index (Phi) is 15.1. The quantitative estimate of drug-likeness (QED) is 0.124. The van der Waals surface area contributed by atoms with Crippen LogP contribution in [0.5, 0.6) is 11.5 Å². The number of alkyl halides is 1. The van der Waals surface area contributed by atoms with E-state index in [1.54, 1.807) is 0 Å². The van der Waals surface area contributed by atoms with Crippen LogP contribution in [0.25, 0.3) is 22.5 Å². The monoisotopic (exact) mass is 548 g/mol. The Morgan fingerprint density at radius 1 is 0.575 bits per heavy atom. The van der Waals surface area contributed by atoms with Gasteiger partial charge in [0, 0.05) is 23.5 Å². The van der Waals surface area contributed by atoms with E-state index in [0.717, 1.165) is 48.3 Å². The highest BCUT2D eigenvalue weighted by Crippen LogP contribution is 2.24. The van der Waals surface area contributed by atoms with Gasteiger partial charge in [-0.05, 0) is 54.8 Å². The summed E-state index contributed by atoms with van der Waals surface area (Å²) in [5.41, 5.74) is 2.92. The van der Waals surface area contributed by atoms with Crippen molar-refractivity contribution >= 4 is 0 Å². The van der Waals surface area contributed by atoms with Crippen molar-refractivity contribution in [2.24, 2.45) is 0 Å². The predicted molar refractivity (Wildman–Crippen MR) is 165 cm³/mol. The van der Waals surface area contributed by atoms with Gasteiger partial charge >= 0.3 is 0 Å². The molecule has 2 aromatic carbocycles. The summed E-state index contributed by atoms with van der Waals surface area (Å²) in [4.78, 5) is 9.13. The maximum absolute atomic E-state index is 14.1. The van der Waals surface area contributed by atoms with E-state index >= 15 is 0 Å². The number of nitrogens with zero attached hydrogens (tertiary/aromatic N) is 2. The van der Waals surface area contributed by atoms with Crippen LogP contribution in [0, 0.1) is 0 Å². The Hall–Kier alpha value is -2.95. The minimum atomic E-state index is -0.923. The van der Waals surface area contributed by atoms with Crippen molar-refractivity contribution in [2.45, 2.75) is 110 Å². The molecule has 218 valence electrons. The zero-order chi connectivity index (χ0) is 28.3. The molecule has 3 aromatic rings. The van der Waals surface area contributed by atoms with Crippen molar-refractivity contribution in [1.82, 2.24) is 9.97 Å². The fraction of sp³-hybridized carbons (Fsp3) is 0.543. The molecule has 0 N–H and O–H groups in total. The molecule has 0 saturated carbocycles. The first-order chi connectivity index (χ1) is 19.7. The van der Waals surface area contributed by atoms with Crippen LogP contribution < -0.4 is 9.47 Å². The second-order valence-corrected chi connectivity index (χ2v) is 10.8. The molecule has 1 aromatic heterocycles. The van der Waals surface area contributed by atoms with E-state index in [-0.39, 0.29) is 6.61 Å². The maximum Gasteiger partial charge on any atom is 0.159 e. The fourth-order valence-electron chi connectivity index (χ4n) is 4.74. The zero-order valence-corrected chi connectivity index (χ0v) is 24.8. The summed E-state index contributed by atoms with van der Waals surface area (Å²) in [6.07, 6.45) is 19.4. The molecule has 0 aliphatic rings. The van der Waals surface area contributed by atoms with Crippen LogP contribution in [0.2, 0.25) is 0 Å². The van der Waals surface area contributed by atoms with Gasteiger partial charge in [0.25, 0.3) is 0 Å². The Morgan fingerprint density at radius 2 is 1.07 bits per heavy atom.